The number of fused-ring (bicyclic) bond motifs is 1. The molecule has 0 amide bonds. The van der Waals surface area contributed by atoms with Gasteiger partial charge in [-0.25, -0.2) is 9.78 Å². The minimum Gasteiger partial charge on any atom is -0.396 e. The first-order valence-corrected chi connectivity index (χ1v) is 9.69. The van der Waals surface area contributed by atoms with Crippen LogP contribution >= 0.6 is 0 Å². The van der Waals surface area contributed by atoms with E-state index in [4.69, 9.17) is 5.11 Å². The average Bonchev–Trinajstić information content (AvgIpc) is 2.96. The molecule has 1 aliphatic rings. The van der Waals surface area contributed by atoms with E-state index in [1.165, 1.54) is 11.6 Å². The highest BCUT2D eigenvalue weighted by atomic mass is 16.3. The molecule has 1 aliphatic heterocycles. The van der Waals surface area contributed by atoms with Crippen LogP contribution in [-0.4, -0.2) is 79.5 Å². The maximum Gasteiger partial charge on any atom is 0.332 e. The van der Waals surface area contributed by atoms with E-state index in [1.807, 2.05) is 4.57 Å². The number of hydrogen-bond acceptors (Lipinski definition) is 6. The van der Waals surface area contributed by atoms with Crippen LogP contribution in [0.15, 0.2) is 15.9 Å². The van der Waals surface area contributed by atoms with Gasteiger partial charge in [-0.15, -0.1) is 0 Å². The van der Waals surface area contributed by atoms with Gasteiger partial charge >= 0.3 is 5.69 Å². The van der Waals surface area contributed by atoms with Gasteiger partial charge < -0.3 is 19.5 Å². The van der Waals surface area contributed by atoms with E-state index < -0.39 is 0 Å². The van der Waals surface area contributed by atoms with Gasteiger partial charge in [0.2, 0.25) is 0 Å². The fraction of sp³-hybridized carbons (Fsp3) is 0.722. The lowest BCUT2D eigenvalue weighted by atomic mass is 10.3. The van der Waals surface area contributed by atoms with E-state index in [0.717, 1.165) is 63.1 Å². The van der Waals surface area contributed by atoms with Crippen molar-refractivity contribution in [3.63, 3.8) is 0 Å². The average molecular weight is 378 g/mol. The lowest BCUT2D eigenvalue weighted by Gasteiger charge is -2.21. The van der Waals surface area contributed by atoms with Crippen molar-refractivity contribution >= 4 is 11.2 Å². The van der Waals surface area contributed by atoms with Gasteiger partial charge in [0.15, 0.2) is 11.2 Å². The Morgan fingerprint density at radius 3 is 2.30 bits per heavy atom. The van der Waals surface area contributed by atoms with Crippen molar-refractivity contribution in [2.24, 2.45) is 14.1 Å². The zero-order chi connectivity index (χ0) is 19.4. The second-order valence-corrected chi connectivity index (χ2v) is 7.28. The van der Waals surface area contributed by atoms with Crippen LogP contribution < -0.4 is 11.2 Å². The van der Waals surface area contributed by atoms with Crippen LogP contribution in [0, 0.1) is 0 Å². The molecular weight excluding hydrogens is 348 g/mol. The summed E-state index contributed by atoms with van der Waals surface area (Å²) in [5.41, 5.74) is 0.288. The molecule has 27 heavy (non-hydrogen) atoms. The van der Waals surface area contributed by atoms with Gasteiger partial charge in [0.1, 0.15) is 0 Å². The van der Waals surface area contributed by atoms with Crippen LogP contribution in [0.4, 0.5) is 0 Å². The number of aliphatic hydroxyl groups excluding tert-OH is 1. The quantitative estimate of drug-likeness (QED) is 0.680. The van der Waals surface area contributed by atoms with Gasteiger partial charge in [-0.3, -0.25) is 13.9 Å². The number of nitrogens with zero attached hydrogens (tertiary/aromatic N) is 6. The summed E-state index contributed by atoms with van der Waals surface area (Å²) in [6.07, 6.45) is 4.56. The Labute approximate surface area is 158 Å². The van der Waals surface area contributed by atoms with Crippen molar-refractivity contribution in [2.45, 2.75) is 25.8 Å². The molecule has 2 aromatic heterocycles. The third kappa shape index (κ3) is 4.31. The number of imidazole rings is 1. The van der Waals surface area contributed by atoms with Gasteiger partial charge in [0, 0.05) is 46.9 Å². The molecular formula is C18H30N6O3. The van der Waals surface area contributed by atoms with Crippen molar-refractivity contribution < 1.29 is 5.11 Å². The molecule has 3 rings (SSSR count). The van der Waals surface area contributed by atoms with Crippen LogP contribution in [0.5, 0.6) is 0 Å². The highest BCUT2D eigenvalue weighted by molar-refractivity contribution is 5.69. The molecule has 0 spiro atoms. The molecule has 0 atom stereocenters. The summed E-state index contributed by atoms with van der Waals surface area (Å²) in [5.74, 6) is 0. The Morgan fingerprint density at radius 2 is 1.63 bits per heavy atom. The first kappa shape index (κ1) is 19.8. The highest BCUT2D eigenvalue weighted by Gasteiger charge is 2.16. The number of aryl methyl sites for hydroxylation is 2. The zero-order valence-electron chi connectivity index (χ0n) is 16.3. The van der Waals surface area contributed by atoms with Crippen molar-refractivity contribution in [2.75, 3.05) is 45.9 Å². The molecule has 3 heterocycles. The summed E-state index contributed by atoms with van der Waals surface area (Å²) in [5, 5.41) is 8.98. The third-order valence-electron chi connectivity index (χ3n) is 5.40. The summed E-state index contributed by atoms with van der Waals surface area (Å²) in [6, 6.07) is 0. The fourth-order valence-corrected chi connectivity index (χ4v) is 3.80. The lowest BCUT2D eigenvalue weighted by molar-refractivity contribution is 0.221. The topological polar surface area (TPSA) is 88.5 Å². The van der Waals surface area contributed by atoms with Gasteiger partial charge in [0.25, 0.3) is 5.56 Å². The Morgan fingerprint density at radius 1 is 0.963 bits per heavy atom. The molecule has 0 radical (unpaired) electrons. The summed E-state index contributed by atoms with van der Waals surface area (Å²) >= 11 is 0. The van der Waals surface area contributed by atoms with E-state index in [0.29, 0.717) is 17.7 Å². The normalized spacial score (nSPS) is 16.9. The summed E-state index contributed by atoms with van der Waals surface area (Å²) < 4.78 is 4.42. The lowest BCUT2D eigenvalue weighted by Crippen LogP contribution is -2.37. The van der Waals surface area contributed by atoms with Crippen LogP contribution in [0.25, 0.3) is 11.2 Å². The predicted molar refractivity (Wildman–Crippen MR) is 104 cm³/mol. The smallest absolute Gasteiger partial charge is 0.332 e. The van der Waals surface area contributed by atoms with E-state index >= 15 is 0 Å². The summed E-state index contributed by atoms with van der Waals surface area (Å²) in [7, 11) is 3.14. The highest BCUT2D eigenvalue weighted by Crippen LogP contribution is 2.08. The number of rotatable bonds is 7. The maximum atomic E-state index is 12.5. The number of aromatic nitrogens is 4. The van der Waals surface area contributed by atoms with Crippen LogP contribution in [0.1, 0.15) is 19.3 Å². The van der Waals surface area contributed by atoms with Crippen molar-refractivity contribution in [3.8, 4) is 0 Å². The molecule has 0 bridgehead atoms. The molecule has 2 aromatic rings. The van der Waals surface area contributed by atoms with Crippen LogP contribution in [0.2, 0.25) is 0 Å². The minimum absolute atomic E-state index is 0.254. The molecule has 0 saturated carbocycles. The molecule has 1 fully saturated rings. The van der Waals surface area contributed by atoms with Crippen molar-refractivity contribution in [1.29, 1.82) is 0 Å². The molecule has 150 valence electrons. The molecule has 0 aromatic carbocycles. The minimum atomic E-state index is -0.354. The van der Waals surface area contributed by atoms with Crippen molar-refractivity contribution in [1.82, 2.24) is 28.5 Å². The van der Waals surface area contributed by atoms with Crippen LogP contribution in [-0.2, 0) is 20.6 Å². The molecule has 0 aliphatic carbocycles. The van der Waals surface area contributed by atoms with E-state index in [2.05, 4.69) is 14.8 Å². The van der Waals surface area contributed by atoms with Crippen molar-refractivity contribution in [3.05, 3.63) is 27.2 Å². The van der Waals surface area contributed by atoms with E-state index in [9.17, 15) is 9.59 Å². The van der Waals surface area contributed by atoms with Crippen LogP contribution in [0.3, 0.4) is 0 Å². The largest absolute Gasteiger partial charge is 0.396 e. The summed E-state index contributed by atoms with van der Waals surface area (Å²) in [6.45, 7) is 7.14. The molecule has 1 saturated heterocycles. The van der Waals surface area contributed by atoms with E-state index in [-0.39, 0.29) is 17.9 Å². The first-order valence-electron chi connectivity index (χ1n) is 9.69. The summed E-state index contributed by atoms with van der Waals surface area (Å²) in [4.78, 5) is 33.6. The molecule has 0 unspecified atom stereocenters. The second kappa shape index (κ2) is 8.81. The van der Waals surface area contributed by atoms with Gasteiger partial charge in [-0.05, 0) is 38.9 Å². The maximum absolute atomic E-state index is 12.5. The van der Waals surface area contributed by atoms with E-state index in [1.54, 1.807) is 13.4 Å². The Bertz CT molecular complexity index is 884. The Hall–Kier alpha value is -1.97. The molecule has 1 N–H and O–H groups in total. The SMILES string of the molecule is Cn1c(=O)c2c(ncn2CCCN2CCCN(CCCO)CC2)n(C)c1=O. The van der Waals surface area contributed by atoms with Gasteiger partial charge in [0.05, 0.1) is 6.33 Å². The third-order valence-corrected chi connectivity index (χ3v) is 5.40. The first-order chi connectivity index (χ1) is 13.0. The number of aliphatic hydroxyl groups is 1. The Kier molecular flexibility index (Phi) is 6.46. The van der Waals surface area contributed by atoms with Gasteiger partial charge in [-0.1, -0.05) is 0 Å². The Balaban J connectivity index is 1.60. The predicted octanol–water partition coefficient (Wildman–Crippen LogP) is -0.786. The molecule has 9 nitrogen and oxygen atoms in total. The monoisotopic (exact) mass is 378 g/mol. The second-order valence-electron chi connectivity index (χ2n) is 7.28. The fourth-order valence-electron chi connectivity index (χ4n) is 3.80. The number of hydrogen-bond donors (Lipinski definition) is 1. The zero-order valence-corrected chi connectivity index (χ0v) is 16.3. The standard InChI is InChI=1S/C18H30N6O3/c1-20-16-15(17(26)21(2)18(20)27)24(14-19-16)10-4-8-22-6-3-7-23(12-11-22)9-5-13-25/h14,25H,3-13H2,1-2H3. The van der Waals surface area contributed by atoms with Gasteiger partial charge in [-0.2, -0.15) is 0 Å². The molecule has 9 heteroatoms.